The Morgan fingerprint density at radius 1 is 1.27 bits per heavy atom. The minimum absolute atomic E-state index is 0.000368. The van der Waals surface area contributed by atoms with E-state index in [4.69, 9.17) is 0 Å². The second-order valence-electron chi connectivity index (χ2n) is 7.14. The molecule has 22 heavy (non-hydrogen) atoms. The normalized spacial score (nSPS) is 24.8. The SMILES string of the molecule is CC1(C)CC(=O)[C@@H]([C@@H](O)c2ccc([N+](=O)[O-])cc2)C(C)(C)N1. The van der Waals surface area contributed by atoms with Crippen LogP contribution < -0.4 is 5.32 Å². The van der Waals surface area contributed by atoms with Crippen molar-refractivity contribution in [2.75, 3.05) is 0 Å². The largest absolute Gasteiger partial charge is 0.388 e. The molecule has 0 radical (unpaired) electrons. The molecule has 1 aliphatic heterocycles. The van der Waals surface area contributed by atoms with Crippen LogP contribution in [0.2, 0.25) is 0 Å². The van der Waals surface area contributed by atoms with Gasteiger partial charge in [0.15, 0.2) is 0 Å². The van der Waals surface area contributed by atoms with Gasteiger partial charge in [-0.1, -0.05) is 0 Å². The number of nitro groups is 1. The summed E-state index contributed by atoms with van der Waals surface area (Å²) >= 11 is 0. The van der Waals surface area contributed by atoms with E-state index in [1.165, 1.54) is 24.3 Å². The number of benzene rings is 1. The maximum absolute atomic E-state index is 12.5. The number of hydrogen-bond acceptors (Lipinski definition) is 5. The number of Topliss-reactive ketones (excluding diaryl/α,β-unsaturated/α-hetero) is 1. The van der Waals surface area contributed by atoms with Gasteiger partial charge in [0, 0.05) is 29.6 Å². The van der Waals surface area contributed by atoms with Crippen molar-refractivity contribution in [2.24, 2.45) is 5.92 Å². The first-order chi connectivity index (χ1) is 10.0. The Kier molecular flexibility index (Phi) is 4.10. The lowest BCUT2D eigenvalue weighted by Crippen LogP contribution is -2.64. The number of aliphatic hydroxyl groups excluding tert-OH is 1. The Morgan fingerprint density at radius 3 is 2.27 bits per heavy atom. The van der Waals surface area contributed by atoms with Crippen molar-refractivity contribution in [3.63, 3.8) is 0 Å². The number of nitrogens with one attached hydrogen (secondary N) is 1. The minimum atomic E-state index is -0.994. The van der Waals surface area contributed by atoms with E-state index in [0.717, 1.165) is 0 Å². The van der Waals surface area contributed by atoms with E-state index >= 15 is 0 Å². The van der Waals surface area contributed by atoms with Gasteiger partial charge in [0.05, 0.1) is 16.9 Å². The van der Waals surface area contributed by atoms with Gasteiger partial charge in [-0.2, -0.15) is 0 Å². The molecule has 6 nitrogen and oxygen atoms in total. The third-order valence-corrected chi connectivity index (χ3v) is 4.16. The highest BCUT2D eigenvalue weighted by Gasteiger charge is 2.48. The number of carbonyl (C=O) groups is 1. The smallest absolute Gasteiger partial charge is 0.269 e. The Hall–Kier alpha value is -1.79. The number of piperidine rings is 1. The van der Waals surface area contributed by atoms with Crippen LogP contribution in [0.15, 0.2) is 24.3 Å². The molecule has 1 fully saturated rings. The molecule has 1 aromatic rings. The summed E-state index contributed by atoms with van der Waals surface area (Å²) in [5, 5.41) is 24.7. The van der Waals surface area contributed by atoms with Crippen LogP contribution in [0.5, 0.6) is 0 Å². The second kappa shape index (κ2) is 5.44. The van der Waals surface area contributed by atoms with E-state index < -0.39 is 22.5 Å². The maximum atomic E-state index is 12.5. The molecule has 1 saturated heterocycles. The summed E-state index contributed by atoms with van der Waals surface area (Å²) in [4.78, 5) is 22.7. The van der Waals surface area contributed by atoms with Gasteiger partial charge in [-0.15, -0.1) is 0 Å². The van der Waals surface area contributed by atoms with Gasteiger partial charge in [0.25, 0.3) is 5.69 Å². The van der Waals surface area contributed by atoms with Gasteiger partial charge in [-0.25, -0.2) is 0 Å². The molecule has 0 bridgehead atoms. The number of non-ortho nitro benzene ring substituents is 1. The van der Waals surface area contributed by atoms with Crippen molar-refractivity contribution in [1.29, 1.82) is 0 Å². The zero-order valence-corrected chi connectivity index (χ0v) is 13.3. The van der Waals surface area contributed by atoms with Crippen LogP contribution in [-0.4, -0.2) is 26.9 Å². The first-order valence-electron chi connectivity index (χ1n) is 7.28. The van der Waals surface area contributed by atoms with Crippen LogP contribution >= 0.6 is 0 Å². The van der Waals surface area contributed by atoms with Crippen molar-refractivity contribution >= 4 is 11.5 Å². The third-order valence-electron chi connectivity index (χ3n) is 4.16. The summed E-state index contributed by atoms with van der Waals surface area (Å²) in [5.74, 6) is -0.596. The summed E-state index contributed by atoms with van der Waals surface area (Å²) in [6.45, 7) is 7.71. The highest BCUT2D eigenvalue weighted by Crippen LogP contribution is 2.38. The zero-order valence-electron chi connectivity index (χ0n) is 13.3. The Balaban J connectivity index is 2.29. The molecule has 0 saturated carbocycles. The molecular formula is C16H22N2O4. The van der Waals surface area contributed by atoms with Gasteiger partial charge in [0.1, 0.15) is 5.78 Å². The molecule has 120 valence electrons. The van der Waals surface area contributed by atoms with Crippen LogP contribution in [-0.2, 0) is 4.79 Å². The Labute approximate surface area is 129 Å². The second-order valence-corrected chi connectivity index (χ2v) is 7.14. The van der Waals surface area contributed by atoms with Crippen molar-refractivity contribution in [3.05, 3.63) is 39.9 Å². The molecular weight excluding hydrogens is 284 g/mol. The quantitative estimate of drug-likeness (QED) is 0.660. The predicted octanol–water partition coefficient (Wildman–Crippen LogP) is 2.36. The van der Waals surface area contributed by atoms with Crippen molar-refractivity contribution < 1.29 is 14.8 Å². The van der Waals surface area contributed by atoms with Gasteiger partial charge < -0.3 is 10.4 Å². The lowest BCUT2D eigenvalue weighted by Gasteiger charge is -2.48. The average molecular weight is 306 g/mol. The van der Waals surface area contributed by atoms with E-state index in [9.17, 15) is 20.0 Å². The number of nitro benzene ring substituents is 1. The predicted molar refractivity (Wildman–Crippen MR) is 82.5 cm³/mol. The van der Waals surface area contributed by atoms with E-state index in [0.29, 0.717) is 12.0 Å². The molecule has 1 heterocycles. The van der Waals surface area contributed by atoms with E-state index in [-0.39, 0.29) is 17.0 Å². The molecule has 0 amide bonds. The molecule has 1 aliphatic rings. The summed E-state index contributed by atoms with van der Waals surface area (Å²) in [7, 11) is 0. The Bertz CT molecular complexity index is 593. The van der Waals surface area contributed by atoms with Crippen LogP contribution in [0.3, 0.4) is 0 Å². The Morgan fingerprint density at radius 2 is 1.82 bits per heavy atom. The van der Waals surface area contributed by atoms with Crippen molar-refractivity contribution in [3.8, 4) is 0 Å². The van der Waals surface area contributed by atoms with Crippen molar-refractivity contribution in [1.82, 2.24) is 5.32 Å². The fraction of sp³-hybridized carbons (Fsp3) is 0.562. The fourth-order valence-electron chi connectivity index (χ4n) is 3.50. The number of rotatable bonds is 3. The standard InChI is InChI=1S/C16H22N2O4/c1-15(2)9-12(19)13(16(3,4)17-15)14(20)10-5-7-11(8-6-10)18(21)22/h5-8,13-14,17,20H,9H2,1-4H3/t13-,14-/m0/s1. The molecule has 2 atom stereocenters. The minimum Gasteiger partial charge on any atom is -0.388 e. The number of hydrogen-bond donors (Lipinski definition) is 2. The first-order valence-corrected chi connectivity index (χ1v) is 7.28. The first kappa shape index (κ1) is 16.6. The van der Waals surface area contributed by atoms with Crippen LogP contribution in [0.25, 0.3) is 0 Å². The van der Waals surface area contributed by atoms with Gasteiger partial charge >= 0.3 is 0 Å². The number of nitrogens with zero attached hydrogens (tertiary/aromatic N) is 1. The van der Waals surface area contributed by atoms with E-state index in [1.807, 2.05) is 27.7 Å². The van der Waals surface area contributed by atoms with Crippen molar-refractivity contribution in [2.45, 2.75) is 51.3 Å². The summed E-state index contributed by atoms with van der Waals surface area (Å²) < 4.78 is 0. The van der Waals surface area contributed by atoms with Gasteiger partial charge in [-0.05, 0) is 45.4 Å². The molecule has 2 N–H and O–H groups in total. The van der Waals surface area contributed by atoms with E-state index in [1.54, 1.807) is 0 Å². The molecule has 6 heteroatoms. The molecule has 0 spiro atoms. The highest BCUT2D eigenvalue weighted by molar-refractivity contribution is 5.85. The number of ketones is 1. The summed E-state index contributed by atoms with van der Waals surface area (Å²) in [6, 6.07) is 5.70. The number of carbonyl (C=O) groups excluding carboxylic acids is 1. The molecule has 2 rings (SSSR count). The number of aliphatic hydroxyl groups is 1. The molecule has 1 aromatic carbocycles. The third kappa shape index (κ3) is 3.18. The topological polar surface area (TPSA) is 92.5 Å². The lowest BCUT2D eigenvalue weighted by molar-refractivity contribution is -0.384. The maximum Gasteiger partial charge on any atom is 0.269 e. The summed E-state index contributed by atoms with van der Waals surface area (Å²) in [6.07, 6.45) is -0.655. The van der Waals surface area contributed by atoms with Crippen LogP contribution in [0.1, 0.15) is 45.8 Å². The molecule has 0 aromatic heterocycles. The van der Waals surface area contributed by atoms with E-state index in [2.05, 4.69) is 5.32 Å². The zero-order chi connectivity index (χ0) is 16.7. The van der Waals surface area contributed by atoms with Gasteiger partial charge in [0.2, 0.25) is 0 Å². The van der Waals surface area contributed by atoms with Crippen LogP contribution in [0.4, 0.5) is 5.69 Å². The average Bonchev–Trinajstić information content (AvgIpc) is 2.35. The molecule has 0 aliphatic carbocycles. The summed E-state index contributed by atoms with van der Waals surface area (Å²) in [5.41, 5.74) is -0.408. The molecule has 0 unspecified atom stereocenters. The monoisotopic (exact) mass is 306 g/mol. The highest BCUT2D eigenvalue weighted by atomic mass is 16.6. The van der Waals surface area contributed by atoms with Gasteiger partial charge in [-0.3, -0.25) is 14.9 Å². The lowest BCUT2D eigenvalue weighted by atomic mass is 9.70. The van der Waals surface area contributed by atoms with Crippen LogP contribution in [0, 0.1) is 16.0 Å². The fourth-order valence-corrected chi connectivity index (χ4v) is 3.50.